The summed E-state index contributed by atoms with van der Waals surface area (Å²) in [4.78, 5) is 14.3. The summed E-state index contributed by atoms with van der Waals surface area (Å²) in [6.45, 7) is 7.35. The molecule has 22 heavy (non-hydrogen) atoms. The topological polar surface area (TPSA) is 52.6 Å². The fraction of sp³-hybridized carbons (Fsp3) is 0.611. The first kappa shape index (κ1) is 18.7. The zero-order valence-electron chi connectivity index (χ0n) is 14.5. The van der Waals surface area contributed by atoms with Gasteiger partial charge in [-0.15, -0.1) is 0 Å². The van der Waals surface area contributed by atoms with Crippen LogP contribution in [0.1, 0.15) is 43.1 Å². The Kier molecular flexibility index (Phi) is 7.04. The molecule has 1 aromatic carbocycles. The third-order valence-corrected chi connectivity index (χ3v) is 3.50. The van der Waals surface area contributed by atoms with Gasteiger partial charge in [0.25, 0.3) is 5.91 Å². The number of benzene rings is 1. The van der Waals surface area contributed by atoms with Crippen molar-refractivity contribution in [2.75, 3.05) is 27.2 Å². The van der Waals surface area contributed by atoms with Crippen LogP contribution in [0.5, 0.6) is 0 Å². The van der Waals surface area contributed by atoms with Gasteiger partial charge in [0.15, 0.2) is 0 Å². The molecule has 1 atom stereocenters. The number of nitrogens with zero attached hydrogens (tertiary/aromatic N) is 1. The molecule has 0 radical (unpaired) electrons. The van der Waals surface area contributed by atoms with E-state index in [9.17, 15) is 9.90 Å². The van der Waals surface area contributed by atoms with Crippen LogP contribution in [0.4, 0.5) is 0 Å². The molecule has 4 nitrogen and oxygen atoms in total. The molecule has 124 valence electrons. The van der Waals surface area contributed by atoms with Crippen LogP contribution in [0.2, 0.25) is 0 Å². The number of amides is 1. The van der Waals surface area contributed by atoms with Crippen molar-refractivity contribution in [3.8, 4) is 0 Å². The lowest BCUT2D eigenvalue weighted by atomic mass is 9.98. The maximum absolute atomic E-state index is 12.2. The molecule has 0 heterocycles. The molecular formula is C18H30N2O2. The summed E-state index contributed by atoms with van der Waals surface area (Å²) in [7, 11) is 4.06. The molecule has 0 saturated carbocycles. The number of hydrogen-bond acceptors (Lipinski definition) is 3. The number of hydrogen-bond donors (Lipinski definition) is 2. The SMILES string of the molecule is C[C@@H](CNC(=O)c1cccc(CCC(C)(C)O)c1)CN(C)C. The van der Waals surface area contributed by atoms with Crippen LogP contribution >= 0.6 is 0 Å². The molecule has 0 aliphatic rings. The summed E-state index contributed by atoms with van der Waals surface area (Å²) in [5, 5.41) is 12.8. The van der Waals surface area contributed by atoms with Crippen molar-refractivity contribution >= 4 is 5.91 Å². The van der Waals surface area contributed by atoms with E-state index < -0.39 is 5.60 Å². The molecule has 0 spiro atoms. The highest BCUT2D eigenvalue weighted by Gasteiger charge is 2.13. The van der Waals surface area contributed by atoms with E-state index >= 15 is 0 Å². The highest BCUT2D eigenvalue weighted by atomic mass is 16.3. The smallest absolute Gasteiger partial charge is 0.251 e. The number of rotatable bonds is 8. The van der Waals surface area contributed by atoms with E-state index in [4.69, 9.17) is 0 Å². The molecule has 0 aromatic heterocycles. The first-order valence-electron chi connectivity index (χ1n) is 7.91. The second-order valence-electron chi connectivity index (χ2n) is 7.09. The van der Waals surface area contributed by atoms with Crippen LogP contribution in [0.25, 0.3) is 0 Å². The Morgan fingerprint density at radius 3 is 2.64 bits per heavy atom. The lowest BCUT2D eigenvalue weighted by molar-refractivity contribution is 0.0714. The summed E-state index contributed by atoms with van der Waals surface area (Å²) in [5.41, 5.74) is 1.08. The van der Waals surface area contributed by atoms with Gasteiger partial charge in [-0.25, -0.2) is 0 Å². The summed E-state index contributed by atoms with van der Waals surface area (Å²) >= 11 is 0. The van der Waals surface area contributed by atoms with Crippen molar-refractivity contribution in [2.45, 2.75) is 39.2 Å². The molecule has 1 aromatic rings. The minimum atomic E-state index is -0.681. The normalized spacial score (nSPS) is 13.2. The van der Waals surface area contributed by atoms with Crippen LogP contribution in [0.15, 0.2) is 24.3 Å². The molecule has 0 aliphatic heterocycles. The third kappa shape index (κ3) is 7.57. The first-order chi connectivity index (χ1) is 10.2. The van der Waals surface area contributed by atoms with Crippen LogP contribution < -0.4 is 5.32 Å². The zero-order chi connectivity index (χ0) is 16.8. The summed E-state index contributed by atoms with van der Waals surface area (Å²) in [5.74, 6) is 0.382. The average Bonchev–Trinajstić information content (AvgIpc) is 2.41. The standard InChI is InChI=1S/C18H30N2O2/c1-14(13-20(4)5)12-19-17(21)16-8-6-7-15(11-16)9-10-18(2,3)22/h6-8,11,14,22H,9-10,12-13H2,1-5H3,(H,19,21)/t14-/m0/s1. The van der Waals surface area contributed by atoms with Crippen LogP contribution in [0, 0.1) is 5.92 Å². The molecular weight excluding hydrogens is 276 g/mol. The fourth-order valence-corrected chi connectivity index (χ4v) is 2.38. The monoisotopic (exact) mass is 306 g/mol. The molecule has 4 heteroatoms. The second kappa shape index (κ2) is 8.30. The number of nitrogens with one attached hydrogen (secondary N) is 1. The van der Waals surface area contributed by atoms with Gasteiger partial charge >= 0.3 is 0 Å². The molecule has 0 bridgehead atoms. The van der Waals surface area contributed by atoms with E-state index in [-0.39, 0.29) is 5.91 Å². The Labute approximate surface area is 134 Å². The Balaban J connectivity index is 2.55. The van der Waals surface area contributed by atoms with Crippen LogP contribution in [0.3, 0.4) is 0 Å². The number of carbonyl (C=O) groups is 1. The van der Waals surface area contributed by atoms with Gasteiger partial charge in [-0.1, -0.05) is 19.1 Å². The van der Waals surface area contributed by atoms with Gasteiger partial charge < -0.3 is 15.3 Å². The number of aryl methyl sites for hydroxylation is 1. The van der Waals surface area contributed by atoms with Crippen molar-refractivity contribution < 1.29 is 9.90 Å². The van der Waals surface area contributed by atoms with E-state index in [1.165, 1.54) is 0 Å². The van der Waals surface area contributed by atoms with Gasteiger partial charge in [-0.2, -0.15) is 0 Å². The molecule has 0 fully saturated rings. The Morgan fingerprint density at radius 2 is 2.05 bits per heavy atom. The van der Waals surface area contributed by atoms with Gasteiger partial charge in [-0.05, 0) is 64.4 Å². The van der Waals surface area contributed by atoms with Crippen LogP contribution in [-0.4, -0.2) is 48.7 Å². The van der Waals surface area contributed by atoms with Crippen LogP contribution in [-0.2, 0) is 6.42 Å². The molecule has 2 N–H and O–H groups in total. The van der Waals surface area contributed by atoms with Gasteiger partial charge in [0.2, 0.25) is 0 Å². The summed E-state index contributed by atoms with van der Waals surface area (Å²) in [6.07, 6.45) is 1.44. The molecule has 1 amide bonds. The van der Waals surface area contributed by atoms with E-state index in [2.05, 4.69) is 17.1 Å². The predicted molar refractivity (Wildman–Crippen MR) is 91.1 cm³/mol. The Hall–Kier alpha value is -1.39. The molecule has 0 aliphatic carbocycles. The molecule has 0 unspecified atom stereocenters. The first-order valence-corrected chi connectivity index (χ1v) is 7.91. The van der Waals surface area contributed by atoms with Gasteiger partial charge in [0.1, 0.15) is 0 Å². The molecule has 0 saturated heterocycles. The second-order valence-corrected chi connectivity index (χ2v) is 7.09. The highest BCUT2D eigenvalue weighted by Crippen LogP contribution is 2.14. The van der Waals surface area contributed by atoms with Crippen molar-refractivity contribution in [3.63, 3.8) is 0 Å². The number of carbonyl (C=O) groups excluding carboxylic acids is 1. The van der Waals surface area contributed by atoms with Crippen molar-refractivity contribution in [2.24, 2.45) is 5.92 Å². The van der Waals surface area contributed by atoms with Gasteiger partial charge in [-0.3, -0.25) is 4.79 Å². The van der Waals surface area contributed by atoms with Gasteiger partial charge in [0, 0.05) is 18.7 Å². The lowest BCUT2D eigenvalue weighted by Crippen LogP contribution is -2.32. The Bertz CT molecular complexity index is 478. The predicted octanol–water partition coefficient (Wildman–Crippen LogP) is 2.32. The average molecular weight is 306 g/mol. The fourth-order valence-electron chi connectivity index (χ4n) is 2.38. The largest absolute Gasteiger partial charge is 0.390 e. The summed E-state index contributed by atoms with van der Waals surface area (Å²) in [6, 6.07) is 7.65. The minimum Gasteiger partial charge on any atom is -0.390 e. The van der Waals surface area contributed by atoms with E-state index in [1.807, 2.05) is 38.4 Å². The third-order valence-electron chi connectivity index (χ3n) is 3.50. The minimum absolute atomic E-state index is 0.0317. The van der Waals surface area contributed by atoms with Crippen molar-refractivity contribution in [3.05, 3.63) is 35.4 Å². The van der Waals surface area contributed by atoms with E-state index in [0.717, 1.165) is 18.5 Å². The highest BCUT2D eigenvalue weighted by molar-refractivity contribution is 5.94. The van der Waals surface area contributed by atoms with Crippen molar-refractivity contribution in [1.29, 1.82) is 0 Å². The lowest BCUT2D eigenvalue weighted by Gasteiger charge is -2.18. The van der Waals surface area contributed by atoms with Crippen molar-refractivity contribution in [1.82, 2.24) is 10.2 Å². The number of aliphatic hydroxyl groups is 1. The Morgan fingerprint density at radius 1 is 1.36 bits per heavy atom. The van der Waals surface area contributed by atoms with Gasteiger partial charge in [0.05, 0.1) is 5.60 Å². The van der Waals surface area contributed by atoms with E-state index in [0.29, 0.717) is 24.4 Å². The zero-order valence-corrected chi connectivity index (χ0v) is 14.5. The molecule has 1 rings (SSSR count). The maximum Gasteiger partial charge on any atom is 0.251 e. The van der Waals surface area contributed by atoms with E-state index in [1.54, 1.807) is 13.8 Å². The maximum atomic E-state index is 12.2. The quantitative estimate of drug-likeness (QED) is 0.775. The summed E-state index contributed by atoms with van der Waals surface area (Å²) < 4.78 is 0.